The lowest BCUT2D eigenvalue weighted by molar-refractivity contribution is 0.354. The van der Waals surface area contributed by atoms with E-state index in [1.807, 2.05) is 30.3 Å². The zero-order valence-corrected chi connectivity index (χ0v) is 16.7. The third kappa shape index (κ3) is 5.54. The minimum Gasteiger partial charge on any atom is -0.497 e. The zero-order chi connectivity index (χ0) is 19.9. The number of nitrogens with one attached hydrogen (secondary N) is 1. The van der Waals surface area contributed by atoms with Gasteiger partial charge in [0.2, 0.25) is 0 Å². The van der Waals surface area contributed by atoms with Crippen LogP contribution in [0.4, 0.5) is 0 Å². The number of rotatable bonds is 8. The number of nitrogens with zero attached hydrogens (tertiary/aromatic N) is 1. The molecule has 0 heterocycles. The van der Waals surface area contributed by atoms with Gasteiger partial charge in [0.25, 0.3) is 0 Å². The van der Waals surface area contributed by atoms with E-state index >= 15 is 0 Å². The predicted molar refractivity (Wildman–Crippen MR) is 109 cm³/mol. The van der Waals surface area contributed by atoms with Crippen molar-refractivity contribution in [3.8, 4) is 17.2 Å². The molecule has 0 amide bonds. The fourth-order valence-electron chi connectivity index (χ4n) is 2.67. The van der Waals surface area contributed by atoms with Gasteiger partial charge in [-0.2, -0.15) is 0 Å². The smallest absolute Gasteiger partial charge is 0.188 e. The van der Waals surface area contributed by atoms with E-state index in [1.165, 1.54) is 5.56 Å². The highest BCUT2D eigenvalue weighted by Gasteiger charge is 2.20. The van der Waals surface area contributed by atoms with Gasteiger partial charge in [-0.05, 0) is 35.4 Å². The molecule has 27 heavy (non-hydrogen) atoms. The standard InChI is InChI=1S/C21H29N3O3/c1-21(2,16-7-9-17(25-3)10-8-16)14-24-20(22)23-13-15-6-11-18(26-4)19(12-15)27-5/h6-12H,13-14H2,1-5H3,(H3,22,23,24). The molecule has 0 atom stereocenters. The predicted octanol–water partition coefficient (Wildman–Crippen LogP) is 3.09. The summed E-state index contributed by atoms with van der Waals surface area (Å²) >= 11 is 0. The molecule has 0 unspecified atom stereocenters. The number of guanidine groups is 1. The normalized spacial score (nSPS) is 11.8. The summed E-state index contributed by atoms with van der Waals surface area (Å²) in [6, 6.07) is 13.8. The van der Waals surface area contributed by atoms with Gasteiger partial charge in [0, 0.05) is 12.0 Å². The molecule has 2 rings (SSSR count). The van der Waals surface area contributed by atoms with E-state index in [0.717, 1.165) is 11.3 Å². The van der Waals surface area contributed by atoms with Crippen molar-refractivity contribution in [1.82, 2.24) is 5.32 Å². The molecule has 0 aliphatic carbocycles. The summed E-state index contributed by atoms with van der Waals surface area (Å²) in [7, 11) is 4.89. The second-order valence-corrected chi connectivity index (χ2v) is 6.86. The Balaban J connectivity index is 1.96. The van der Waals surface area contributed by atoms with Gasteiger partial charge in [-0.25, -0.2) is 4.99 Å². The number of benzene rings is 2. The molecule has 146 valence electrons. The Labute approximate surface area is 161 Å². The number of methoxy groups -OCH3 is 3. The highest BCUT2D eigenvalue weighted by Crippen LogP contribution is 2.28. The van der Waals surface area contributed by atoms with Gasteiger partial charge in [-0.15, -0.1) is 0 Å². The Kier molecular flexibility index (Phi) is 6.93. The Morgan fingerprint density at radius 3 is 2.22 bits per heavy atom. The van der Waals surface area contributed by atoms with Crippen LogP contribution in [0.25, 0.3) is 0 Å². The summed E-state index contributed by atoms with van der Waals surface area (Å²) in [5.41, 5.74) is 8.13. The van der Waals surface area contributed by atoms with Crippen LogP contribution in [-0.2, 0) is 12.0 Å². The van der Waals surface area contributed by atoms with E-state index in [-0.39, 0.29) is 5.41 Å². The number of ether oxygens (including phenoxy) is 3. The van der Waals surface area contributed by atoms with E-state index in [4.69, 9.17) is 19.9 Å². The molecule has 2 aromatic rings. The lowest BCUT2D eigenvalue weighted by atomic mass is 9.84. The molecule has 0 radical (unpaired) electrons. The van der Waals surface area contributed by atoms with Crippen molar-refractivity contribution in [2.45, 2.75) is 25.8 Å². The van der Waals surface area contributed by atoms with Crippen molar-refractivity contribution in [3.05, 3.63) is 53.6 Å². The van der Waals surface area contributed by atoms with Crippen molar-refractivity contribution >= 4 is 5.96 Å². The lowest BCUT2D eigenvalue weighted by Gasteiger charge is -2.26. The molecule has 0 fully saturated rings. The first-order chi connectivity index (χ1) is 12.9. The average molecular weight is 371 g/mol. The van der Waals surface area contributed by atoms with Gasteiger partial charge in [-0.3, -0.25) is 0 Å². The molecule has 6 nitrogen and oxygen atoms in total. The molecule has 0 saturated carbocycles. The first-order valence-electron chi connectivity index (χ1n) is 8.79. The molecule has 0 aliphatic heterocycles. The average Bonchev–Trinajstić information content (AvgIpc) is 2.70. The molecular weight excluding hydrogens is 342 g/mol. The molecule has 0 aliphatic rings. The first-order valence-corrected chi connectivity index (χ1v) is 8.79. The molecule has 6 heteroatoms. The number of aliphatic imine (C=N–C) groups is 1. The number of hydrogen-bond donors (Lipinski definition) is 2. The van der Waals surface area contributed by atoms with E-state index in [2.05, 4.69) is 36.3 Å². The molecule has 0 spiro atoms. The van der Waals surface area contributed by atoms with Crippen molar-refractivity contribution in [2.75, 3.05) is 27.9 Å². The van der Waals surface area contributed by atoms with Crippen molar-refractivity contribution in [2.24, 2.45) is 10.7 Å². The van der Waals surface area contributed by atoms with Gasteiger partial charge in [-0.1, -0.05) is 32.0 Å². The van der Waals surface area contributed by atoms with Crippen LogP contribution in [0.1, 0.15) is 25.0 Å². The SMILES string of the molecule is COc1ccc(C(C)(C)CNC(N)=NCc2ccc(OC)c(OC)c2)cc1. The summed E-state index contributed by atoms with van der Waals surface area (Å²) in [4.78, 5) is 4.42. The summed E-state index contributed by atoms with van der Waals surface area (Å²) in [5, 5.41) is 3.21. The van der Waals surface area contributed by atoms with Gasteiger partial charge >= 0.3 is 0 Å². The Morgan fingerprint density at radius 1 is 0.963 bits per heavy atom. The van der Waals surface area contributed by atoms with Crippen molar-refractivity contribution < 1.29 is 14.2 Å². The van der Waals surface area contributed by atoms with Crippen LogP contribution in [-0.4, -0.2) is 33.8 Å². The molecule has 3 N–H and O–H groups in total. The van der Waals surface area contributed by atoms with Gasteiger partial charge in [0.15, 0.2) is 17.5 Å². The van der Waals surface area contributed by atoms with E-state index < -0.39 is 0 Å². The fraction of sp³-hybridized carbons (Fsp3) is 0.381. The van der Waals surface area contributed by atoms with Crippen LogP contribution in [0.5, 0.6) is 17.2 Å². The third-order valence-electron chi connectivity index (χ3n) is 4.46. The molecule has 2 aromatic carbocycles. The topological polar surface area (TPSA) is 78.1 Å². The molecular formula is C21H29N3O3. The molecule has 0 bridgehead atoms. The first kappa shape index (κ1) is 20.4. The monoisotopic (exact) mass is 371 g/mol. The van der Waals surface area contributed by atoms with Crippen molar-refractivity contribution in [3.63, 3.8) is 0 Å². The largest absolute Gasteiger partial charge is 0.497 e. The van der Waals surface area contributed by atoms with E-state index in [1.54, 1.807) is 21.3 Å². The van der Waals surface area contributed by atoms with Gasteiger partial charge in [0.1, 0.15) is 5.75 Å². The second kappa shape index (κ2) is 9.16. The summed E-state index contributed by atoms with van der Waals surface area (Å²) in [6.45, 7) is 5.44. The third-order valence-corrected chi connectivity index (χ3v) is 4.46. The minimum atomic E-state index is -0.101. The lowest BCUT2D eigenvalue weighted by Crippen LogP contribution is -2.40. The Morgan fingerprint density at radius 2 is 1.63 bits per heavy atom. The molecule has 0 aromatic heterocycles. The second-order valence-electron chi connectivity index (χ2n) is 6.86. The quantitative estimate of drug-likeness (QED) is 0.551. The maximum atomic E-state index is 6.04. The van der Waals surface area contributed by atoms with Crippen LogP contribution < -0.4 is 25.3 Å². The van der Waals surface area contributed by atoms with Crippen LogP contribution >= 0.6 is 0 Å². The fourth-order valence-corrected chi connectivity index (χ4v) is 2.67. The van der Waals surface area contributed by atoms with Crippen LogP contribution in [0.15, 0.2) is 47.5 Å². The van der Waals surface area contributed by atoms with Gasteiger partial charge < -0.3 is 25.3 Å². The van der Waals surface area contributed by atoms with E-state index in [9.17, 15) is 0 Å². The maximum Gasteiger partial charge on any atom is 0.188 e. The highest BCUT2D eigenvalue weighted by molar-refractivity contribution is 5.78. The van der Waals surface area contributed by atoms with E-state index in [0.29, 0.717) is 30.5 Å². The Bertz CT molecular complexity index is 771. The number of hydrogen-bond acceptors (Lipinski definition) is 4. The molecule has 0 saturated heterocycles. The summed E-state index contributed by atoms with van der Waals surface area (Å²) in [6.07, 6.45) is 0. The van der Waals surface area contributed by atoms with Crippen LogP contribution in [0.3, 0.4) is 0 Å². The summed E-state index contributed by atoms with van der Waals surface area (Å²) in [5.74, 6) is 2.62. The summed E-state index contributed by atoms with van der Waals surface area (Å²) < 4.78 is 15.8. The van der Waals surface area contributed by atoms with Crippen molar-refractivity contribution in [1.29, 1.82) is 0 Å². The van der Waals surface area contributed by atoms with Gasteiger partial charge in [0.05, 0.1) is 27.9 Å². The Hall–Kier alpha value is -2.89. The van der Waals surface area contributed by atoms with Crippen LogP contribution in [0, 0.1) is 0 Å². The maximum absolute atomic E-state index is 6.04. The highest BCUT2D eigenvalue weighted by atomic mass is 16.5. The minimum absolute atomic E-state index is 0.101. The zero-order valence-electron chi connectivity index (χ0n) is 16.7. The number of nitrogens with two attached hydrogens (primary N) is 1. The van der Waals surface area contributed by atoms with Crippen LogP contribution in [0.2, 0.25) is 0 Å².